The summed E-state index contributed by atoms with van der Waals surface area (Å²) in [6.45, 7) is 5.24. The van der Waals surface area contributed by atoms with Crippen molar-refractivity contribution in [2.45, 2.75) is 107 Å². The highest BCUT2D eigenvalue weighted by Gasteiger charge is 2.56. The van der Waals surface area contributed by atoms with E-state index in [9.17, 15) is 13.2 Å². The summed E-state index contributed by atoms with van der Waals surface area (Å²) >= 11 is 0. The van der Waals surface area contributed by atoms with Gasteiger partial charge in [-0.25, -0.2) is 13.1 Å². The zero-order valence-corrected chi connectivity index (χ0v) is 20.6. The lowest BCUT2D eigenvalue weighted by molar-refractivity contribution is -0.138. The maximum absolute atomic E-state index is 13.3. The van der Waals surface area contributed by atoms with Crippen molar-refractivity contribution >= 4 is 15.9 Å². The summed E-state index contributed by atoms with van der Waals surface area (Å²) in [6.07, 6.45) is 11.8. The van der Waals surface area contributed by atoms with Gasteiger partial charge in [-0.3, -0.25) is 4.79 Å². The number of carbonyl (C=O) groups excluding carboxylic acids is 1. The molecule has 1 amide bonds. The first-order chi connectivity index (χ1) is 15.4. The topological polar surface area (TPSA) is 66.5 Å². The quantitative estimate of drug-likeness (QED) is 0.590. The fraction of sp³-hybridized carbons (Fsp3) is 0.731. The molecule has 0 unspecified atom stereocenters. The highest BCUT2D eigenvalue weighted by Crippen LogP contribution is 2.52. The highest BCUT2D eigenvalue weighted by atomic mass is 32.2. The van der Waals surface area contributed by atoms with E-state index in [1.165, 1.54) is 5.56 Å². The average Bonchev–Trinajstić information content (AvgIpc) is 3.15. The lowest BCUT2D eigenvalue weighted by Gasteiger charge is -2.53. The summed E-state index contributed by atoms with van der Waals surface area (Å²) < 4.78 is 29.7. The minimum Gasteiger partial charge on any atom is -0.337 e. The molecule has 1 aromatic carbocycles. The molecule has 0 bridgehead atoms. The van der Waals surface area contributed by atoms with Crippen LogP contribution in [0.25, 0.3) is 0 Å². The summed E-state index contributed by atoms with van der Waals surface area (Å²) in [7, 11) is -3.56. The summed E-state index contributed by atoms with van der Waals surface area (Å²) in [4.78, 5) is 15.4. The van der Waals surface area contributed by atoms with Crippen molar-refractivity contribution in [2.24, 2.45) is 11.8 Å². The van der Waals surface area contributed by atoms with Crippen LogP contribution in [0.1, 0.15) is 90.0 Å². The summed E-state index contributed by atoms with van der Waals surface area (Å²) in [5, 5.41) is 0. The molecule has 32 heavy (non-hydrogen) atoms. The summed E-state index contributed by atoms with van der Waals surface area (Å²) in [5.41, 5.74) is 1.16. The number of carbonyl (C=O) groups is 1. The van der Waals surface area contributed by atoms with Crippen LogP contribution in [-0.4, -0.2) is 37.4 Å². The van der Waals surface area contributed by atoms with Crippen LogP contribution in [0.15, 0.2) is 29.2 Å². The van der Waals surface area contributed by atoms with Crippen molar-refractivity contribution in [1.29, 1.82) is 0 Å². The van der Waals surface area contributed by atoms with Gasteiger partial charge in [0, 0.05) is 24.5 Å². The number of aryl methyl sites for hydroxylation is 1. The Kier molecular flexibility index (Phi) is 7.30. The maximum Gasteiger partial charge on any atom is 0.240 e. The van der Waals surface area contributed by atoms with Crippen molar-refractivity contribution in [3.8, 4) is 0 Å². The number of nitrogens with zero attached hydrogens (tertiary/aromatic N) is 1. The van der Waals surface area contributed by atoms with E-state index in [4.69, 9.17) is 0 Å². The predicted molar refractivity (Wildman–Crippen MR) is 128 cm³/mol. The van der Waals surface area contributed by atoms with Crippen LogP contribution in [0.5, 0.6) is 0 Å². The monoisotopic (exact) mass is 460 g/mol. The Balaban J connectivity index is 1.55. The molecule has 178 valence electrons. The molecule has 2 saturated heterocycles. The minimum atomic E-state index is -3.56. The lowest BCUT2D eigenvalue weighted by Crippen LogP contribution is -2.60. The first-order valence-electron chi connectivity index (χ1n) is 12.8. The number of hydrogen-bond donors (Lipinski definition) is 1. The van der Waals surface area contributed by atoms with E-state index in [0.29, 0.717) is 29.1 Å². The van der Waals surface area contributed by atoms with E-state index in [-0.39, 0.29) is 11.6 Å². The Morgan fingerprint density at radius 1 is 1.06 bits per heavy atom. The van der Waals surface area contributed by atoms with Crippen molar-refractivity contribution in [3.63, 3.8) is 0 Å². The van der Waals surface area contributed by atoms with Crippen molar-refractivity contribution in [2.75, 3.05) is 6.54 Å². The van der Waals surface area contributed by atoms with Crippen molar-refractivity contribution in [3.05, 3.63) is 29.8 Å². The molecule has 2 aliphatic heterocycles. The third kappa shape index (κ3) is 4.50. The Hall–Kier alpha value is -1.40. The Bertz CT molecular complexity index is 898. The van der Waals surface area contributed by atoms with Crippen LogP contribution < -0.4 is 4.72 Å². The van der Waals surface area contributed by atoms with E-state index >= 15 is 0 Å². The van der Waals surface area contributed by atoms with Gasteiger partial charge in [-0.1, -0.05) is 38.8 Å². The van der Waals surface area contributed by atoms with Gasteiger partial charge in [0.2, 0.25) is 15.9 Å². The molecule has 6 heteroatoms. The number of nitrogens with one attached hydrogen (secondary N) is 1. The second-order valence-electron chi connectivity index (χ2n) is 10.2. The van der Waals surface area contributed by atoms with Crippen LogP contribution in [0.2, 0.25) is 0 Å². The van der Waals surface area contributed by atoms with Crippen molar-refractivity contribution in [1.82, 2.24) is 9.62 Å². The van der Waals surface area contributed by atoms with Gasteiger partial charge in [-0.05, 0) is 87.3 Å². The SMILES string of the molecule is CCCCc1ccc(S(=O)(=O)N[C@H]2CC[C@@]34CCCN3C(=O)CCC[C@H]4[C@H]2CCC)cc1. The lowest BCUT2D eigenvalue weighted by atomic mass is 9.61. The van der Waals surface area contributed by atoms with Crippen molar-refractivity contribution < 1.29 is 13.2 Å². The van der Waals surface area contributed by atoms with E-state index in [1.807, 2.05) is 12.1 Å². The van der Waals surface area contributed by atoms with Crippen LogP contribution in [-0.2, 0) is 21.2 Å². The van der Waals surface area contributed by atoms with E-state index in [1.54, 1.807) is 12.1 Å². The second kappa shape index (κ2) is 9.84. The number of hydrogen-bond acceptors (Lipinski definition) is 3. The maximum atomic E-state index is 13.3. The zero-order chi connectivity index (χ0) is 22.8. The number of rotatable bonds is 8. The number of sulfonamides is 1. The molecule has 3 aliphatic rings. The van der Waals surface area contributed by atoms with Gasteiger partial charge in [0.25, 0.3) is 0 Å². The van der Waals surface area contributed by atoms with Gasteiger partial charge in [0.1, 0.15) is 0 Å². The molecule has 4 rings (SSSR count). The highest BCUT2D eigenvalue weighted by molar-refractivity contribution is 7.89. The third-order valence-electron chi connectivity index (χ3n) is 8.33. The number of unbranched alkanes of at least 4 members (excludes halogenated alkanes) is 1. The van der Waals surface area contributed by atoms with Crippen LogP contribution >= 0.6 is 0 Å². The summed E-state index contributed by atoms with van der Waals surface area (Å²) in [5.74, 6) is 1.01. The average molecular weight is 461 g/mol. The van der Waals surface area contributed by atoms with Gasteiger partial charge in [-0.15, -0.1) is 0 Å². The van der Waals surface area contributed by atoms with Gasteiger partial charge >= 0.3 is 0 Å². The molecular formula is C26H40N2O3S. The van der Waals surface area contributed by atoms with Gasteiger partial charge in [0.15, 0.2) is 0 Å². The molecule has 3 fully saturated rings. The molecular weight excluding hydrogens is 420 g/mol. The molecule has 4 atom stereocenters. The van der Waals surface area contributed by atoms with E-state index < -0.39 is 10.0 Å². The van der Waals surface area contributed by atoms with E-state index in [2.05, 4.69) is 23.5 Å². The van der Waals surface area contributed by atoms with Crippen LogP contribution in [0, 0.1) is 11.8 Å². The third-order valence-corrected chi connectivity index (χ3v) is 9.83. The molecule has 1 saturated carbocycles. The number of amides is 1. The zero-order valence-electron chi connectivity index (χ0n) is 19.8. The van der Waals surface area contributed by atoms with E-state index in [0.717, 1.165) is 77.2 Å². The summed E-state index contributed by atoms with van der Waals surface area (Å²) in [6, 6.07) is 7.38. The van der Waals surface area contributed by atoms with Gasteiger partial charge in [0.05, 0.1) is 4.90 Å². The standard InChI is InChI=1S/C26H40N2O3S/c1-3-5-9-20-12-14-21(15-13-20)32(30,31)27-24-16-18-26-17-7-19-28(26)25(29)11-6-10-23(26)22(24)8-4-2/h12-15,22-24,27H,3-11,16-19H2,1-2H3/t22-,23+,24+,26-/m1/s1. The normalized spacial score (nSPS) is 30.6. The molecule has 0 radical (unpaired) electrons. The Labute approximate surface area is 194 Å². The van der Waals surface area contributed by atoms with Gasteiger partial charge in [-0.2, -0.15) is 0 Å². The molecule has 2 heterocycles. The fourth-order valence-electron chi connectivity index (χ4n) is 6.86. The van der Waals surface area contributed by atoms with Crippen LogP contribution in [0.3, 0.4) is 0 Å². The molecule has 1 N–H and O–H groups in total. The largest absolute Gasteiger partial charge is 0.337 e. The first kappa shape index (κ1) is 23.7. The molecule has 5 nitrogen and oxygen atoms in total. The Morgan fingerprint density at radius 2 is 1.84 bits per heavy atom. The number of benzene rings is 1. The predicted octanol–water partition coefficient (Wildman–Crippen LogP) is 5.05. The smallest absolute Gasteiger partial charge is 0.240 e. The minimum absolute atomic E-state index is 0.0315. The molecule has 1 aromatic rings. The van der Waals surface area contributed by atoms with Gasteiger partial charge < -0.3 is 4.90 Å². The first-order valence-corrected chi connectivity index (χ1v) is 14.3. The fourth-order valence-corrected chi connectivity index (χ4v) is 8.18. The van der Waals surface area contributed by atoms with Crippen LogP contribution in [0.4, 0.5) is 0 Å². The molecule has 0 aromatic heterocycles. The second-order valence-corrected chi connectivity index (χ2v) is 11.9. The molecule has 1 spiro atoms. The molecule has 1 aliphatic carbocycles. The Morgan fingerprint density at radius 3 is 2.56 bits per heavy atom.